The Hall–Kier alpha value is -3.12. The molecular weight excluding hydrogens is 378 g/mol. The van der Waals surface area contributed by atoms with Crippen LogP contribution in [0.1, 0.15) is 36.0 Å². The zero-order valence-corrected chi connectivity index (χ0v) is 17.2. The number of likely N-dealkylation sites (tertiary alicyclic amines) is 1. The van der Waals surface area contributed by atoms with E-state index < -0.39 is 5.91 Å². The zero-order valence-electron chi connectivity index (χ0n) is 17.2. The summed E-state index contributed by atoms with van der Waals surface area (Å²) in [6.45, 7) is 3.71. The van der Waals surface area contributed by atoms with E-state index in [0.29, 0.717) is 12.3 Å². The highest BCUT2D eigenvalue weighted by molar-refractivity contribution is 5.91. The third kappa shape index (κ3) is 7.37. The van der Waals surface area contributed by atoms with Gasteiger partial charge in [-0.1, -0.05) is 42.8 Å². The number of ether oxygens (including phenoxy) is 1. The van der Waals surface area contributed by atoms with Crippen molar-refractivity contribution in [2.45, 2.75) is 32.4 Å². The van der Waals surface area contributed by atoms with E-state index in [2.05, 4.69) is 34.5 Å². The van der Waals surface area contributed by atoms with Crippen molar-refractivity contribution in [3.8, 4) is 5.75 Å². The molecule has 2 aromatic rings. The third-order valence-electron chi connectivity index (χ3n) is 5.03. The van der Waals surface area contributed by atoms with Crippen LogP contribution in [0.2, 0.25) is 0 Å². The Bertz CT molecular complexity index is 854. The SMILES string of the molecule is NC(=O)COc1ccc(/C=C/C(=O)NCc2ccc(CN3CCCCC3)cc2)cc1. The molecule has 6 heteroatoms. The van der Waals surface area contributed by atoms with E-state index in [1.165, 1.54) is 44.0 Å². The molecule has 1 fully saturated rings. The molecule has 0 unspecified atom stereocenters. The van der Waals surface area contributed by atoms with E-state index in [1.807, 2.05) is 0 Å². The molecular formula is C24H29N3O3. The van der Waals surface area contributed by atoms with Crippen molar-refractivity contribution in [3.05, 3.63) is 71.3 Å². The van der Waals surface area contributed by atoms with Crippen molar-refractivity contribution in [1.82, 2.24) is 10.2 Å². The van der Waals surface area contributed by atoms with Gasteiger partial charge in [-0.15, -0.1) is 0 Å². The molecule has 0 atom stereocenters. The quantitative estimate of drug-likeness (QED) is 0.626. The normalized spacial score (nSPS) is 14.5. The largest absolute Gasteiger partial charge is 0.484 e. The first-order valence-electron chi connectivity index (χ1n) is 10.4. The summed E-state index contributed by atoms with van der Waals surface area (Å²) in [5, 5.41) is 2.90. The van der Waals surface area contributed by atoms with E-state index >= 15 is 0 Å². The average molecular weight is 408 g/mol. The Balaban J connectivity index is 1.42. The van der Waals surface area contributed by atoms with Crippen LogP contribution in [0.15, 0.2) is 54.6 Å². The van der Waals surface area contributed by atoms with E-state index in [1.54, 1.807) is 30.3 Å². The van der Waals surface area contributed by atoms with Gasteiger partial charge in [0.25, 0.3) is 5.91 Å². The van der Waals surface area contributed by atoms with Gasteiger partial charge in [0.05, 0.1) is 0 Å². The van der Waals surface area contributed by atoms with E-state index in [4.69, 9.17) is 10.5 Å². The van der Waals surface area contributed by atoms with E-state index in [0.717, 1.165) is 17.7 Å². The summed E-state index contributed by atoms with van der Waals surface area (Å²) in [5.41, 5.74) is 8.30. The lowest BCUT2D eigenvalue weighted by atomic mass is 10.1. The summed E-state index contributed by atoms with van der Waals surface area (Å²) >= 11 is 0. The maximum absolute atomic E-state index is 12.1. The van der Waals surface area contributed by atoms with Crippen molar-refractivity contribution >= 4 is 17.9 Å². The van der Waals surface area contributed by atoms with Gasteiger partial charge in [0.1, 0.15) is 5.75 Å². The standard InChI is InChI=1S/C24H29N3O3/c25-23(28)18-30-22-11-8-19(9-12-22)10-13-24(29)26-16-20-4-6-21(7-5-20)17-27-14-2-1-3-15-27/h4-13H,1-3,14-18H2,(H2,25,28)(H,26,29)/b13-10+. The summed E-state index contributed by atoms with van der Waals surface area (Å²) in [6, 6.07) is 15.5. The number of amides is 2. The van der Waals surface area contributed by atoms with Crippen LogP contribution in [0.5, 0.6) is 5.75 Å². The zero-order chi connectivity index (χ0) is 21.2. The predicted octanol–water partition coefficient (Wildman–Crippen LogP) is 2.87. The lowest BCUT2D eigenvalue weighted by Crippen LogP contribution is -2.29. The van der Waals surface area contributed by atoms with Gasteiger partial charge in [0.15, 0.2) is 6.61 Å². The number of benzene rings is 2. The Morgan fingerprint density at radius 3 is 2.30 bits per heavy atom. The monoisotopic (exact) mass is 407 g/mol. The van der Waals surface area contributed by atoms with Gasteiger partial charge in [0.2, 0.25) is 5.91 Å². The van der Waals surface area contributed by atoms with Crippen LogP contribution in [0.3, 0.4) is 0 Å². The van der Waals surface area contributed by atoms with Gasteiger partial charge < -0.3 is 15.8 Å². The number of carbonyl (C=O) groups excluding carboxylic acids is 2. The second-order valence-corrected chi connectivity index (χ2v) is 7.53. The number of piperidine rings is 1. The molecule has 158 valence electrons. The molecule has 1 aliphatic rings. The molecule has 0 aliphatic carbocycles. The fourth-order valence-electron chi connectivity index (χ4n) is 3.39. The lowest BCUT2D eigenvalue weighted by Gasteiger charge is -2.26. The van der Waals surface area contributed by atoms with Gasteiger partial charge in [-0.2, -0.15) is 0 Å². The van der Waals surface area contributed by atoms with Crippen molar-refractivity contribution < 1.29 is 14.3 Å². The van der Waals surface area contributed by atoms with Crippen LogP contribution in [0, 0.1) is 0 Å². The van der Waals surface area contributed by atoms with Crippen molar-refractivity contribution in [1.29, 1.82) is 0 Å². The predicted molar refractivity (Wildman–Crippen MR) is 118 cm³/mol. The Morgan fingerprint density at radius 1 is 0.967 bits per heavy atom. The molecule has 3 rings (SSSR count). The van der Waals surface area contributed by atoms with Crippen molar-refractivity contribution in [2.24, 2.45) is 5.73 Å². The molecule has 0 saturated carbocycles. The second-order valence-electron chi connectivity index (χ2n) is 7.53. The highest BCUT2D eigenvalue weighted by Gasteiger charge is 2.10. The first-order chi connectivity index (χ1) is 14.6. The van der Waals surface area contributed by atoms with Gasteiger partial charge in [-0.05, 0) is 60.8 Å². The maximum atomic E-state index is 12.1. The number of hydrogen-bond acceptors (Lipinski definition) is 4. The Kier molecular flexibility index (Phi) is 8.03. The summed E-state index contributed by atoms with van der Waals surface area (Å²) in [5.74, 6) is -0.118. The van der Waals surface area contributed by atoms with Crippen LogP contribution in [-0.4, -0.2) is 36.4 Å². The highest BCUT2D eigenvalue weighted by Crippen LogP contribution is 2.14. The number of primary amides is 1. The van der Waals surface area contributed by atoms with Crippen LogP contribution < -0.4 is 15.8 Å². The third-order valence-corrected chi connectivity index (χ3v) is 5.03. The molecule has 0 radical (unpaired) electrons. The maximum Gasteiger partial charge on any atom is 0.255 e. The van der Waals surface area contributed by atoms with E-state index in [-0.39, 0.29) is 12.5 Å². The minimum absolute atomic E-state index is 0.151. The smallest absolute Gasteiger partial charge is 0.255 e. The topological polar surface area (TPSA) is 84.7 Å². The van der Waals surface area contributed by atoms with Gasteiger partial charge in [0, 0.05) is 19.2 Å². The van der Waals surface area contributed by atoms with Crippen LogP contribution >= 0.6 is 0 Å². The minimum Gasteiger partial charge on any atom is -0.484 e. The van der Waals surface area contributed by atoms with Gasteiger partial charge in [-0.25, -0.2) is 0 Å². The van der Waals surface area contributed by atoms with Gasteiger partial charge >= 0.3 is 0 Å². The molecule has 0 spiro atoms. The molecule has 6 nitrogen and oxygen atoms in total. The summed E-state index contributed by atoms with van der Waals surface area (Å²) in [7, 11) is 0. The second kappa shape index (κ2) is 11.2. The van der Waals surface area contributed by atoms with Crippen LogP contribution in [0.4, 0.5) is 0 Å². The van der Waals surface area contributed by atoms with Crippen LogP contribution in [0.25, 0.3) is 6.08 Å². The first-order valence-corrected chi connectivity index (χ1v) is 10.4. The molecule has 1 saturated heterocycles. The number of carbonyl (C=O) groups is 2. The number of nitrogens with zero attached hydrogens (tertiary/aromatic N) is 1. The Morgan fingerprint density at radius 2 is 1.63 bits per heavy atom. The molecule has 3 N–H and O–H groups in total. The average Bonchev–Trinajstić information content (AvgIpc) is 2.77. The Labute approximate surface area is 177 Å². The molecule has 30 heavy (non-hydrogen) atoms. The number of nitrogens with one attached hydrogen (secondary N) is 1. The van der Waals surface area contributed by atoms with Gasteiger partial charge in [-0.3, -0.25) is 14.5 Å². The highest BCUT2D eigenvalue weighted by atomic mass is 16.5. The molecule has 1 aliphatic heterocycles. The van der Waals surface area contributed by atoms with Crippen molar-refractivity contribution in [3.63, 3.8) is 0 Å². The molecule has 2 aromatic carbocycles. The summed E-state index contributed by atoms with van der Waals surface area (Å²) in [6.07, 6.45) is 7.18. The fourth-order valence-corrected chi connectivity index (χ4v) is 3.39. The van der Waals surface area contributed by atoms with Crippen LogP contribution in [-0.2, 0) is 22.7 Å². The fraction of sp³-hybridized carbons (Fsp3) is 0.333. The van der Waals surface area contributed by atoms with Crippen molar-refractivity contribution in [2.75, 3.05) is 19.7 Å². The molecule has 0 bridgehead atoms. The first kappa shape index (κ1) is 21.6. The summed E-state index contributed by atoms with van der Waals surface area (Å²) < 4.78 is 5.21. The molecule has 1 heterocycles. The lowest BCUT2D eigenvalue weighted by molar-refractivity contribution is -0.120. The molecule has 2 amide bonds. The minimum atomic E-state index is -0.521. The van der Waals surface area contributed by atoms with E-state index in [9.17, 15) is 9.59 Å². The number of hydrogen-bond donors (Lipinski definition) is 2. The summed E-state index contributed by atoms with van der Waals surface area (Å²) in [4.78, 5) is 25.3. The number of rotatable bonds is 9. The number of nitrogens with two attached hydrogens (primary N) is 1. The molecule has 0 aromatic heterocycles.